The fourth-order valence-corrected chi connectivity index (χ4v) is 1.13. The van der Waals surface area contributed by atoms with Gasteiger partial charge in [0.05, 0.1) is 0 Å². The fourth-order valence-electron chi connectivity index (χ4n) is 1.13. The molecule has 0 aromatic heterocycles. The van der Waals surface area contributed by atoms with Gasteiger partial charge in [-0.25, -0.2) is 4.79 Å². The van der Waals surface area contributed by atoms with Crippen LogP contribution < -0.4 is 11.1 Å². The van der Waals surface area contributed by atoms with E-state index in [-0.39, 0.29) is 6.04 Å². The number of hydrogen-bond donors (Lipinski definition) is 3. The SMILES string of the molecule is CCC(C)N(CC(=O)O)C(=O)NC(C)C(N)=O. The van der Waals surface area contributed by atoms with Crippen molar-refractivity contribution in [3.63, 3.8) is 0 Å². The number of rotatable bonds is 6. The number of carbonyl (C=O) groups is 3. The molecule has 0 bridgehead atoms. The van der Waals surface area contributed by atoms with Crippen LogP contribution in [-0.4, -0.2) is 46.5 Å². The second kappa shape index (κ2) is 6.72. The highest BCUT2D eigenvalue weighted by Gasteiger charge is 2.23. The molecule has 0 saturated heterocycles. The summed E-state index contributed by atoms with van der Waals surface area (Å²) in [5.74, 6) is -1.77. The highest BCUT2D eigenvalue weighted by atomic mass is 16.4. The summed E-state index contributed by atoms with van der Waals surface area (Å²) in [6.45, 7) is 4.60. The standard InChI is InChI=1S/C10H19N3O4/c1-4-6(2)13(5-8(14)15)10(17)12-7(3)9(11)16/h6-7H,4-5H2,1-3H3,(H2,11,16)(H,12,17)(H,14,15). The summed E-state index contributed by atoms with van der Waals surface area (Å²) in [5, 5.41) is 11.1. The molecule has 4 N–H and O–H groups in total. The van der Waals surface area contributed by atoms with E-state index in [0.717, 1.165) is 4.90 Å². The summed E-state index contributed by atoms with van der Waals surface area (Å²) in [5.41, 5.74) is 5.01. The number of amides is 3. The van der Waals surface area contributed by atoms with Gasteiger partial charge >= 0.3 is 12.0 Å². The molecule has 0 heterocycles. The number of nitrogens with zero attached hydrogens (tertiary/aromatic N) is 1. The van der Waals surface area contributed by atoms with E-state index in [1.165, 1.54) is 6.92 Å². The number of primary amides is 1. The highest BCUT2D eigenvalue weighted by molar-refractivity contribution is 5.87. The van der Waals surface area contributed by atoms with Gasteiger partial charge < -0.3 is 21.1 Å². The van der Waals surface area contributed by atoms with Crippen molar-refractivity contribution in [2.24, 2.45) is 5.73 Å². The van der Waals surface area contributed by atoms with E-state index < -0.39 is 30.5 Å². The smallest absolute Gasteiger partial charge is 0.323 e. The van der Waals surface area contributed by atoms with Crippen molar-refractivity contribution < 1.29 is 19.5 Å². The molecular weight excluding hydrogens is 226 g/mol. The highest BCUT2D eigenvalue weighted by Crippen LogP contribution is 2.04. The zero-order valence-corrected chi connectivity index (χ0v) is 10.3. The van der Waals surface area contributed by atoms with E-state index in [0.29, 0.717) is 6.42 Å². The lowest BCUT2D eigenvalue weighted by molar-refractivity contribution is -0.138. The third kappa shape index (κ3) is 5.19. The van der Waals surface area contributed by atoms with Gasteiger partial charge in [0.1, 0.15) is 12.6 Å². The summed E-state index contributed by atoms with van der Waals surface area (Å²) >= 11 is 0. The van der Waals surface area contributed by atoms with Crippen molar-refractivity contribution in [2.45, 2.75) is 39.3 Å². The van der Waals surface area contributed by atoms with Crippen LogP contribution in [0.1, 0.15) is 27.2 Å². The molecule has 17 heavy (non-hydrogen) atoms. The first kappa shape index (κ1) is 15.2. The summed E-state index contributed by atoms with van der Waals surface area (Å²) in [4.78, 5) is 34.3. The lowest BCUT2D eigenvalue weighted by Crippen LogP contribution is -2.52. The van der Waals surface area contributed by atoms with E-state index in [1.54, 1.807) is 6.92 Å². The third-order valence-electron chi connectivity index (χ3n) is 2.46. The summed E-state index contributed by atoms with van der Waals surface area (Å²) in [7, 11) is 0. The normalized spacial score (nSPS) is 13.6. The molecule has 3 amide bonds. The average Bonchev–Trinajstić information content (AvgIpc) is 2.24. The molecule has 0 saturated carbocycles. The maximum absolute atomic E-state index is 11.7. The molecule has 0 aromatic rings. The van der Waals surface area contributed by atoms with Crippen LogP contribution in [0.3, 0.4) is 0 Å². The number of hydrogen-bond acceptors (Lipinski definition) is 3. The van der Waals surface area contributed by atoms with E-state index in [9.17, 15) is 14.4 Å². The first-order valence-corrected chi connectivity index (χ1v) is 5.37. The van der Waals surface area contributed by atoms with Crippen LogP contribution in [0.15, 0.2) is 0 Å². The third-order valence-corrected chi connectivity index (χ3v) is 2.46. The minimum absolute atomic E-state index is 0.230. The Kier molecular flexibility index (Phi) is 6.01. The van der Waals surface area contributed by atoms with Gasteiger partial charge in [0.2, 0.25) is 5.91 Å². The van der Waals surface area contributed by atoms with E-state index >= 15 is 0 Å². The van der Waals surface area contributed by atoms with Crippen molar-refractivity contribution in [2.75, 3.05) is 6.54 Å². The van der Waals surface area contributed by atoms with Crippen LogP contribution in [0, 0.1) is 0 Å². The molecule has 0 radical (unpaired) electrons. The Morgan fingerprint density at radius 3 is 2.24 bits per heavy atom. The predicted molar refractivity (Wildman–Crippen MR) is 61.3 cm³/mol. The molecule has 2 atom stereocenters. The molecule has 0 fully saturated rings. The van der Waals surface area contributed by atoms with Crippen molar-refractivity contribution >= 4 is 17.9 Å². The monoisotopic (exact) mass is 245 g/mol. The molecule has 0 aliphatic heterocycles. The van der Waals surface area contributed by atoms with E-state index in [4.69, 9.17) is 10.8 Å². The predicted octanol–water partition coefficient (Wildman–Crippen LogP) is -0.245. The van der Waals surface area contributed by atoms with Gasteiger partial charge in [-0.05, 0) is 20.3 Å². The Morgan fingerprint density at radius 1 is 1.35 bits per heavy atom. The van der Waals surface area contributed by atoms with Gasteiger partial charge in [-0.2, -0.15) is 0 Å². The quantitative estimate of drug-likeness (QED) is 0.599. The van der Waals surface area contributed by atoms with Crippen LogP contribution in [0.5, 0.6) is 0 Å². The minimum Gasteiger partial charge on any atom is -0.480 e. The topological polar surface area (TPSA) is 113 Å². The van der Waals surface area contributed by atoms with Crippen LogP contribution >= 0.6 is 0 Å². The zero-order valence-electron chi connectivity index (χ0n) is 10.3. The van der Waals surface area contributed by atoms with Gasteiger partial charge in [0.15, 0.2) is 0 Å². The number of carboxylic acid groups (broad SMARTS) is 1. The Hall–Kier alpha value is -1.79. The van der Waals surface area contributed by atoms with Crippen molar-refractivity contribution in [1.29, 1.82) is 0 Å². The molecule has 2 unspecified atom stereocenters. The number of nitrogens with one attached hydrogen (secondary N) is 1. The molecular formula is C10H19N3O4. The number of urea groups is 1. The van der Waals surface area contributed by atoms with Gasteiger partial charge in [-0.3, -0.25) is 9.59 Å². The number of carbonyl (C=O) groups excluding carboxylic acids is 2. The van der Waals surface area contributed by atoms with Crippen molar-refractivity contribution in [1.82, 2.24) is 10.2 Å². The molecule has 7 nitrogen and oxygen atoms in total. The van der Waals surface area contributed by atoms with Gasteiger partial charge in [-0.1, -0.05) is 6.92 Å². The van der Waals surface area contributed by atoms with Crippen LogP contribution in [0.4, 0.5) is 4.79 Å². The Bertz CT molecular complexity index is 306. The molecule has 0 aliphatic carbocycles. The second-order valence-electron chi connectivity index (χ2n) is 3.85. The summed E-state index contributed by atoms with van der Waals surface area (Å²) < 4.78 is 0. The second-order valence-corrected chi connectivity index (χ2v) is 3.85. The number of aliphatic carboxylic acids is 1. The van der Waals surface area contributed by atoms with Crippen LogP contribution in [-0.2, 0) is 9.59 Å². The summed E-state index contributed by atoms with van der Waals surface area (Å²) in [6, 6.07) is -1.66. The molecule has 7 heteroatoms. The maximum Gasteiger partial charge on any atom is 0.323 e. The molecule has 0 rings (SSSR count). The maximum atomic E-state index is 11.7. The van der Waals surface area contributed by atoms with E-state index in [2.05, 4.69) is 5.32 Å². The Morgan fingerprint density at radius 2 is 1.88 bits per heavy atom. The average molecular weight is 245 g/mol. The molecule has 98 valence electrons. The largest absolute Gasteiger partial charge is 0.480 e. The first-order valence-electron chi connectivity index (χ1n) is 5.37. The molecule has 0 aromatic carbocycles. The van der Waals surface area contributed by atoms with Crippen molar-refractivity contribution in [3.8, 4) is 0 Å². The zero-order chi connectivity index (χ0) is 13.6. The first-order chi connectivity index (χ1) is 7.79. The molecule has 0 aliphatic rings. The molecule has 0 spiro atoms. The lowest BCUT2D eigenvalue weighted by Gasteiger charge is -2.28. The van der Waals surface area contributed by atoms with Crippen LogP contribution in [0.25, 0.3) is 0 Å². The lowest BCUT2D eigenvalue weighted by atomic mass is 10.2. The van der Waals surface area contributed by atoms with Crippen molar-refractivity contribution in [3.05, 3.63) is 0 Å². The Labute approximate surface area is 100.0 Å². The fraction of sp³-hybridized carbons (Fsp3) is 0.700. The minimum atomic E-state index is -1.10. The van der Waals surface area contributed by atoms with E-state index in [1.807, 2.05) is 6.92 Å². The summed E-state index contributed by atoms with van der Waals surface area (Å²) in [6.07, 6.45) is 0.617. The van der Waals surface area contributed by atoms with Gasteiger partial charge in [-0.15, -0.1) is 0 Å². The van der Waals surface area contributed by atoms with Gasteiger partial charge in [0.25, 0.3) is 0 Å². The van der Waals surface area contributed by atoms with Crippen LogP contribution in [0.2, 0.25) is 0 Å². The number of carboxylic acids is 1. The number of nitrogens with two attached hydrogens (primary N) is 1. The van der Waals surface area contributed by atoms with Gasteiger partial charge in [0, 0.05) is 6.04 Å². The Balaban J connectivity index is 4.63.